The van der Waals surface area contributed by atoms with E-state index < -0.39 is 17.7 Å². The molecule has 17 heavy (non-hydrogen) atoms. The minimum atomic E-state index is -1.18. The summed E-state index contributed by atoms with van der Waals surface area (Å²) in [5.74, 6) is -1.70. The first-order chi connectivity index (χ1) is 8.02. The Bertz CT molecular complexity index is 382. The fourth-order valence-electron chi connectivity index (χ4n) is 1.96. The summed E-state index contributed by atoms with van der Waals surface area (Å²) in [6, 6.07) is 2.54. The molecule has 0 aliphatic carbocycles. The minimum Gasteiger partial charge on any atom is -0.388 e. The summed E-state index contributed by atoms with van der Waals surface area (Å²) in [6.45, 7) is 3.70. The summed E-state index contributed by atoms with van der Waals surface area (Å²) in [5.41, 5.74) is 5.60. The maximum absolute atomic E-state index is 13.8. The van der Waals surface area contributed by atoms with Crippen molar-refractivity contribution in [3.8, 4) is 0 Å². The zero-order valence-corrected chi connectivity index (χ0v) is 10.2. The van der Waals surface area contributed by atoms with Crippen LogP contribution in [0.25, 0.3) is 0 Å². The zero-order chi connectivity index (χ0) is 13.0. The molecule has 0 heterocycles. The third-order valence-electron chi connectivity index (χ3n) is 3.02. The van der Waals surface area contributed by atoms with Gasteiger partial charge in [0.2, 0.25) is 0 Å². The quantitative estimate of drug-likeness (QED) is 0.835. The molecule has 0 saturated carbocycles. The Morgan fingerprint density at radius 1 is 1.35 bits per heavy atom. The van der Waals surface area contributed by atoms with Crippen LogP contribution in [0.1, 0.15) is 37.0 Å². The summed E-state index contributed by atoms with van der Waals surface area (Å²) in [4.78, 5) is 0. The molecule has 2 atom stereocenters. The van der Waals surface area contributed by atoms with Gasteiger partial charge >= 0.3 is 0 Å². The molecule has 0 aliphatic rings. The number of benzene rings is 1. The van der Waals surface area contributed by atoms with Gasteiger partial charge in [-0.25, -0.2) is 8.78 Å². The van der Waals surface area contributed by atoms with Crippen LogP contribution in [0.2, 0.25) is 0 Å². The highest BCUT2D eigenvalue weighted by molar-refractivity contribution is 5.28. The number of halogens is 2. The number of aryl methyl sites for hydroxylation is 1. The first-order valence-corrected chi connectivity index (χ1v) is 5.85. The van der Waals surface area contributed by atoms with Crippen LogP contribution in [0.4, 0.5) is 8.78 Å². The summed E-state index contributed by atoms with van der Waals surface area (Å²) in [5, 5.41) is 10.0. The fourth-order valence-corrected chi connectivity index (χ4v) is 1.96. The lowest BCUT2D eigenvalue weighted by Crippen LogP contribution is -2.23. The Hall–Kier alpha value is -1.00. The second-order valence-corrected chi connectivity index (χ2v) is 4.32. The molecule has 1 rings (SSSR count). The highest BCUT2D eigenvalue weighted by atomic mass is 19.1. The molecule has 0 radical (unpaired) electrons. The number of aliphatic hydroxyl groups is 1. The molecule has 0 fully saturated rings. The maximum Gasteiger partial charge on any atom is 0.134 e. The van der Waals surface area contributed by atoms with Gasteiger partial charge in [-0.1, -0.05) is 19.4 Å². The Kier molecular flexibility index (Phi) is 5.02. The molecular weight excluding hydrogens is 224 g/mol. The van der Waals surface area contributed by atoms with Crippen LogP contribution in [0.5, 0.6) is 0 Å². The van der Waals surface area contributed by atoms with Crippen molar-refractivity contribution in [1.29, 1.82) is 0 Å². The topological polar surface area (TPSA) is 46.2 Å². The van der Waals surface area contributed by atoms with Crippen LogP contribution in [0, 0.1) is 24.5 Å². The number of rotatable bonds is 5. The van der Waals surface area contributed by atoms with Crippen LogP contribution in [-0.4, -0.2) is 11.7 Å². The van der Waals surface area contributed by atoms with E-state index >= 15 is 0 Å². The van der Waals surface area contributed by atoms with Crippen molar-refractivity contribution in [2.75, 3.05) is 6.54 Å². The summed E-state index contributed by atoms with van der Waals surface area (Å²) >= 11 is 0. The zero-order valence-electron chi connectivity index (χ0n) is 10.2. The molecule has 2 nitrogen and oxygen atoms in total. The van der Waals surface area contributed by atoms with Gasteiger partial charge in [-0.15, -0.1) is 0 Å². The molecule has 0 spiro atoms. The monoisotopic (exact) mass is 243 g/mol. The second kappa shape index (κ2) is 6.07. The first-order valence-electron chi connectivity index (χ1n) is 5.85. The molecule has 0 bridgehead atoms. The van der Waals surface area contributed by atoms with E-state index in [2.05, 4.69) is 0 Å². The lowest BCUT2D eigenvalue weighted by atomic mass is 9.90. The van der Waals surface area contributed by atoms with Crippen molar-refractivity contribution >= 4 is 0 Å². The Labute approximate surface area is 100 Å². The third kappa shape index (κ3) is 3.01. The van der Waals surface area contributed by atoms with Gasteiger partial charge in [-0.05, 0) is 31.5 Å². The van der Waals surface area contributed by atoms with Crippen molar-refractivity contribution in [3.05, 3.63) is 34.9 Å². The number of hydrogen-bond donors (Lipinski definition) is 2. The highest BCUT2D eigenvalue weighted by Crippen LogP contribution is 2.30. The Morgan fingerprint density at radius 3 is 2.53 bits per heavy atom. The second-order valence-electron chi connectivity index (χ2n) is 4.32. The predicted octanol–water partition coefficient (Wildman–Crippen LogP) is 2.68. The molecular formula is C13H19F2NO. The SMILES string of the molecule is CCCC(CN)C(O)c1c(F)ccc(C)c1F. The van der Waals surface area contributed by atoms with Gasteiger partial charge in [0, 0.05) is 5.92 Å². The normalized spacial score (nSPS) is 14.7. The van der Waals surface area contributed by atoms with Crippen molar-refractivity contribution in [1.82, 2.24) is 0 Å². The van der Waals surface area contributed by atoms with Gasteiger partial charge in [0.15, 0.2) is 0 Å². The first kappa shape index (κ1) is 14.1. The number of hydrogen-bond acceptors (Lipinski definition) is 2. The maximum atomic E-state index is 13.8. The van der Waals surface area contributed by atoms with E-state index in [4.69, 9.17) is 5.73 Å². The van der Waals surface area contributed by atoms with E-state index in [1.54, 1.807) is 6.92 Å². The average molecular weight is 243 g/mol. The molecule has 96 valence electrons. The van der Waals surface area contributed by atoms with Crippen molar-refractivity contribution in [3.63, 3.8) is 0 Å². The van der Waals surface area contributed by atoms with Crippen LogP contribution in [-0.2, 0) is 0 Å². The minimum absolute atomic E-state index is 0.210. The Balaban J connectivity index is 3.10. The summed E-state index contributed by atoms with van der Waals surface area (Å²) < 4.78 is 27.4. The van der Waals surface area contributed by atoms with E-state index in [0.29, 0.717) is 12.0 Å². The van der Waals surface area contributed by atoms with Gasteiger partial charge in [-0.3, -0.25) is 0 Å². The van der Waals surface area contributed by atoms with Gasteiger partial charge in [0.1, 0.15) is 11.6 Å². The van der Waals surface area contributed by atoms with Crippen LogP contribution in [0.3, 0.4) is 0 Å². The molecule has 2 unspecified atom stereocenters. The van der Waals surface area contributed by atoms with E-state index in [0.717, 1.165) is 6.42 Å². The lowest BCUT2D eigenvalue weighted by Gasteiger charge is -2.22. The van der Waals surface area contributed by atoms with Crippen LogP contribution >= 0.6 is 0 Å². The fraction of sp³-hybridized carbons (Fsp3) is 0.538. The molecule has 4 heteroatoms. The largest absolute Gasteiger partial charge is 0.388 e. The molecule has 0 saturated heterocycles. The highest BCUT2D eigenvalue weighted by Gasteiger charge is 2.25. The van der Waals surface area contributed by atoms with E-state index in [-0.39, 0.29) is 18.0 Å². The van der Waals surface area contributed by atoms with Crippen molar-refractivity contribution < 1.29 is 13.9 Å². The molecule has 0 aromatic heterocycles. The van der Waals surface area contributed by atoms with E-state index in [9.17, 15) is 13.9 Å². The molecule has 1 aromatic rings. The van der Waals surface area contributed by atoms with Gasteiger partial charge in [0.25, 0.3) is 0 Å². The summed E-state index contributed by atoms with van der Waals surface area (Å²) in [6.07, 6.45) is 0.276. The molecule has 3 N–H and O–H groups in total. The van der Waals surface area contributed by atoms with Gasteiger partial charge in [-0.2, -0.15) is 0 Å². The number of nitrogens with two attached hydrogens (primary N) is 1. The van der Waals surface area contributed by atoms with E-state index in [1.807, 2.05) is 6.92 Å². The average Bonchev–Trinajstić information content (AvgIpc) is 2.31. The Morgan fingerprint density at radius 2 is 2.00 bits per heavy atom. The third-order valence-corrected chi connectivity index (χ3v) is 3.02. The smallest absolute Gasteiger partial charge is 0.134 e. The van der Waals surface area contributed by atoms with Gasteiger partial charge in [0.05, 0.1) is 11.7 Å². The number of aliphatic hydroxyl groups excluding tert-OH is 1. The van der Waals surface area contributed by atoms with Crippen molar-refractivity contribution in [2.24, 2.45) is 11.7 Å². The summed E-state index contributed by atoms with van der Waals surface area (Å²) in [7, 11) is 0. The van der Waals surface area contributed by atoms with Gasteiger partial charge < -0.3 is 10.8 Å². The molecule has 1 aromatic carbocycles. The standard InChI is InChI=1S/C13H19F2NO/c1-3-4-9(7-16)13(17)11-10(14)6-5-8(2)12(11)15/h5-6,9,13,17H,3-4,7,16H2,1-2H3. The lowest BCUT2D eigenvalue weighted by molar-refractivity contribution is 0.0988. The molecule has 0 aliphatic heterocycles. The van der Waals surface area contributed by atoms with Crippen molar-refractivity contribution in [2.45, 2.75) is 32.8 Å². The van der Waals surface area contributed by atoms with Crippen LogP contribution < -0.4 is 5.73 Å². The molecule has 0 amide bonds. The predicted molar refractivity (Wildman–Crippen MR) is 63.5 cm³/mol. The van der Waals surface area contributed by atoms with Crippen LogP contribution in [0.15, 0.2) is 12.1 Å². The van der Waals surface area contributed by atoms with E-state index in [1.165, 1.54) is 12.1 Å².